The van der Waals surface area contributed by atoms with Crippen LogP contribution in [0.5, 0.6) is 0 Å². The van der Waals surface area contributed by atoms with E-state index in [0.29, 0.717) is 0 Å². The molecule has 2 heteroatoms. The Bertz CT molecular complexity index is 660. The molecule has 172 valence electrons. The summed E-state index contributed by atoms with van der Waals surface area (Å²) in [4.78, 5) is 2.80. The van der Waals surface area contributed by atoms with E-state index in [1.165, 1.54) is 116 Å². The molecule has 2 aromatic carbocycles. The summed E-state index contributed by atoms with van der Waals surface area (Å²) in [5.74, 6) is 2.49. The quantitative estimate of drug-likeness (QED) is 0.161. The summed E-state index contributed by atoms with van der Waals surface area (Å²) in [6.07, 6.45) is 18.0. The first-order chi connectivity index (χ1) is 15.3. The lowest BCUT2D eigenvalue weighted by Crippen LogP contribution is -1.84. The maximum atomic E-state index is 2.30. The normalized spacial score (nSPS) is 11.2. The zero-order valence-corrected chi connectivity index (χ0v) is 21.7. The number of hydrogen-bond donors (Lipinski definition) is 0. The van der Waals surface area contributed by atoms with Gasteiger partial charge in [-0.25, -0.2) is 0 Å². The minimum atomic E-state index is 1.24. The van der Waals surface area contributed by atoms with Crippen LogP contribution in [0.3, 0.4) is 0 Å². The Morgan fingerprint density at radius 2 is 0.742 bits per heavy atom. The summed E-state index contributed by atoms with van der Waals surface area (Å²) >= 11 is 4.01. The van der Waals surface area contributed by atoms with Gasteiger partial charge in [-0.05, 0) is 59.7 Å². The second-order valence-corrected chi connectivity index (χ2v) is 11.0. The molecule has 0 nitrogen and oxygen atoms in total. The Labute approximate surface area is 201 Å². The van der Waals surface area contributed by atoms with Crippen molar-refractivity contribution in [2.24, 2.45) is 0 Å². The highest BCUT2D eigenvalue weighted by Crippen LogP contribution is 2.27. The van der Waals surface area contributed by atoms with Gasteiger partial charge in [-0.1, -0.05) is 109 Å². The second kappa shape index (κ2) is 17.7. The second-order valence-electron chi connectivity index (χ2n) is 8.63. The van der Waals surface area contributed by atoms with Crippen LogP contribution < -0.4 is 0 Å². The van der Waals surface area contributed by atoms with Crippen LogP contribution in [0.25, 0.3) is 11.1 Å². The summed E-state index contributed by atoms with van der Waals surface area (Å²) in [6, 6.07) is 18.3. The first-order valence-electron chi connectivity index (χ1n) is 12.8. The molecule has 0 fully saturated rings. The van der Waals surface area contributed by atoms with Gasteiger partial charge in [0.05, 0.1) is 0 Å². The van der Waals surface area contributed by atoms with Gasteiger partial charge in [-0.3, -0.25) is 0 Å². The third-order valence-corrected chi connectivity index (χ3v) is 8.02. The lowest BCUT2D eigenvalue weighted by atomic mass is 10.1. The van der Waals surface area contributed by atoms with Gasteiger partial charge in [0, 0.05) is 9.79 Å². The van der Waals surface area contributed by atoms with Crippen molar-refractivity contribution in [3.63, 3.8) is 0 Å². The van der Waals surface area contributed by atoms with Gasteiger partial charge in [-0.2, -0.15) is 0 Å². The molecule has 0 aliphatic rings. The molecule has 0 amide bonds. The standard InChI is InChI=1S/C29H44S2/c1-3-5-7-9-10-11-12-13-15-25-31-29-22-18-27(19-23-29)26-16-20-28(21-17-26)30-24-14-8-6-4-2/h16-23H,3-15,24-25H2,1-2H3. The average molecular weight is 457 g/mol. The Kier molecular flexibility index (Phi) is 15.0. The number of rotatable bonds is 18. The molecule has 0 saturated carbocycles. The maximum absolute atomic E-state index is 2.30. The van der Waals surface area contributed by atoms with Crippen molar-refractivity contribution in [1.29, 1.82) is 0 Å². The third-order valence-electron chi connectivity index (χ3n) is 5.83. The van der Waals surface area contributed by atoms with Gasteiger partial charge >= 0.3 is 0 Å². The molecule has 0 aliphatic heterocycles. The van der Waals surface area contributed by atoms with Crippen molar-refractivity contribution in [1.82, 2.24) is 0 Å². The zero-order valence-electron chi connectivity index (χ0n) is 20.0. The van der Waals surface area contributed by atoms with Crippen molar-refractivity contribution in [3.05, 3.63) is 48.5 Å². The fraction of sp³-hybridized carbons (Fsp3) is 0.586. The molecule has 0 spiro atoms. The predicted molar refractivity (Wildman–Crippen MR) is 145 cm³/mol. The summed E-state index contributed by atoms with van der Waals surface area (Å²) < 4.78 is 0. The topological polar surface area (TPSA) is 0 Å². The molecule has 0 aromatic heterocycles. The molecule has 0 radical (unpaired) electrons. The predicted octanol–water partition coefficient (Wildman–Crippen LogP) is 10.6. The smallest absolute Gasteiger partial charge is 0.00723 e. The van der Waals surface area contributed by atoms with E-state index in [1.807, 2.05) is 23.5 Å². The van der Waals surface area contributed by atoms with Crippen LogP contribution in [0.2, 0.25) is 0 Å². The van der Waals surface area contributed by atoms with Crippen LogP contribution in [0.15, 0.2) is 58.3 Å². The Morgan fingerprint density at radius 1 is 0.419 bits per heavy atom. The highest BCUT2D eigenvalue weighted by molar-refractivity contribution is 7.99. The van der Waals surface area contributed by atoms with E-state index in [2.05, 4.69) is 62.4 Å². The number of benzene rings is 2. The SMILES string of the molecule is CCCCCCCCCCCSc1ccc(-c2ccc(SCCCCCC)cc2)cc1. The molecule has 0 bridgehead atoms. The van der Waals surface area contributed by atoms with Gasteiger partial charge in [-0.15, -0.1) is 23.5 Å². The zero-order chi connectivity index (χ0) is 22.0. The number of hydrogen-bond acceptors (Lipinski definition) is 2. The highest BCUT2D eigenvalue weighted by Gasteiger charge is 2.01. The molecule has 2 aromatic rings. The third kappa shape index (κ3) is 12.1. The maximum Gasteiger partial charge on any atom is 0.00723 e. The minimum Gasteiger partial charge on any atom is -0.126 e. The van der Waals surface area contributed by atoms with E-state index in [1.54, 1.807) is 0 Å². The lowest BCUT2D eigenvalue weighted by Gasteiger charge is -2.07. The van der Waals surface area contributed by atoms with Crippen LogP contribution in [0.4, 0.5) is 0 Å². The molecule has 31 heavy (non-hydrogen) atoms. The fourth-order valence-corrected chi connectivity index (χ4v) is 5.63. The average Bonchev–Trinajstić information content (AvgIpc) is 2.81. The van der Waals surface area contributed by atoms with Gasteiger partial charge in [0.15, 0.2) is 0 Å². The molecule has 0 saturated heterocycles. The van der Waals surface area contributed by atoms with Crippen molar-refractivity contribution < 1.29 is 0 Å². The summed E-state index contributed by atoms with van der Waals surface area (Å²) in [7, 11) is 0. The van der Waals surface area contributed by atoms with Crippen LogP contribution in [-0.4, -0.2) is 11.5 Å². The van der Waals surface area contributed by atoms with E-state index in [0.717, 1.165) is 0 Å². The molecule has 0 N–H and O–H groups in total. The van der Waals surface area contributed by atoms with Crippen LogP contribution >= 0.6 is 23.5 Å². The Hall–Kier alpha value is -0.860. The summed E-state index contributed by atoms with van der Waals surface area (Å²) in [5, 5.41) is 0. The first kappa shape index (κ1) is 26.4. The van der Waals surface area contributed by atoms with Crippen molar-refractivity contribution >= 4 is 23.5 Å². The van der Waals surface area contributed by atoms with E-state index >= 15 is 0 Å². The monoisotopic (exact) mass is 456 g/mol. The van der Waals surface area contributed by atoms with Crippen molar-refractivity contribution in [2.75, 3.05) is 11.5 Å². The number of unbranched alkanes of at least 4 members (excludes halogenated alkanes) is 11. The number of thioether (sulfide) groups is 2. The van der Waals surface area contributed by atoms with Gasteiger partial charge in [0.1, 0.15) is 0 Å². The van der Waals surface area contributed by atoms with Crippen molar-refractivity contribution in [3.8, 4) is 11.1 Å². The summed E-state index contributed by atoms with van der Waals surface area (Å²) in [6.45, 7) is 4.56. The molecule has 2 rings (SSSR count). The van der Waals surface area contributed by atoms with E-state index in [-0.39, 0.29) is 0 Å². The Balaban J connectivity index is 1.60. The van der Waals surface area contributed by atoms with Crippen molar-refractivity contribution in [2.45, 2.75) is 107 Å². The Morgan fingerprint density at radius 3 is 1.13 bits per heavy atom. The first-order valence-corrected chi connectivity index (χ1v) is 14.8. The largest absolute Gasteiger partial charge is 0.126 e. The highest BCUT2D eigenvalue weighted by atomic mass is 32.2. The van der Waals surface area contributed by atoms with E-state index in [4.69, 9.17) is 0 Å². The molecule has 0 heterocycles. The van der Waals surface area contributed by atoms with Gasteiger partial charge < -0.3 is 0 Å². The molecule has 0 unspecified atom stereocenters. The molecule has 0 aliphatic carbocycles. The fourth-order valence-electron chi connectivity index (χ4n) is 3.81. The molecule has 0 atom stereocenters. The van der Waals surface area contributed by atoms with Gasteiger partial charge in [0.25, 0.3) is 0 Å². The van der Waals surface area contributed by atoms with Crippen LogP contribution in [0.1, 0.15) is 97.3 Å². The summed E-state index contributed by atoms with van der Waals surface area (Å²) in [5.41, 5.74) is 2.65. The van der Waals surface area contributed by atoms with Crippen LogP contribution in [-0.2, 0) is 0 Å². The molecular formula is C29H44S2. The van der Waals surface area contributed by atoms with E-state index in [9.17, 15) is 0 Å². The van der Waals surface area contributed by atoms with E-state index < -0.39 is 0 Å². The van der Waals surface area contributed by atoms with Crippen LogP contribution in [0, 0.1) is 0 Å². The minimum absolute atomic E-state index is 1.24. The van der Waals surface area contributed by atoms with Gasteiger partial charge in [0.2, 0.25) is 0 Å². The molecular weight excluding hydrogens is 412 g/mol. The lowest BCUT2D eigenvalue weighted by molar-refractivity contribution is 0.573.